The summed E-state index contributed by atoms with van der Waals surface area (Å²) in [6.45, 7) is 6.06. The van der Waals surface area contributed by atoms with E-state index in [4.69, 9.17) is 5.73 Å². The van der Waals surface area contributed by atoms with E-state index < -0.39 is 5.91 Å². The molecule has 6 heteroatoms. The maximum atomic E-state index is 12.6. The van der Waals surface area contributed by atoms with Crippen molar-refractivity contribution < 1.29 is 14.4 Å². The molecule has 0 aromatic heterocycles. The molecule has 0 fully saturated rings. The van der Waals surface area contributed by atoms with Crippen molar-refractivity contribution in [1.82, 2.24) is 10.2 Å². The maximum absolute atomic E-state index is 12.6. The van der Waals surface area contributed by atoms with Crippen LogP contribution >= 0.6 is 0 Å². The first-order chi connectivity index (χ1) is 12.6. The van der Waals surface area contributed by atoms with Gasteiger partial charge in [0.05, 0.1) is 0 Å². The Morgan fingerprint density at radius 2 is 1.56 bits per heavy atom. The zero-order chi connectivity index (χ0) is 20.2. The van der Waals surface area contributed by atoms with E-state index in [1.165, 1.54) is 0 Å². The van der Waals surface area contributed by atoms with E-state index in [-0.39, 0.29) is 17.4 Å². The molecule has 0 spiro atoms. The fourth-order valence-electron chi connectivity index (χ4n) is 2.57. The van der Waals surface area contributed by atoms with Crippen molar-refractivity contribution >= 4 is 17.7 Å². The number of amides is 3. The average Bonchev–Trinajstić information content (AvgIpc) is 2.60. The monoisotopic (exact) mass is 367 g/mol. The van der Waals surface area contributed by atoms with Crippen LogP contribution < -0.4 is 11.1 Å². The SMILES string of the molecule is CN(Cc1cccc(C(N)=O)c1)C(=O)c1ccc(C(=O)NC(C)(C)C)cc1. The van der Waals surface area contributed by atoms with Gasteiger partial charge in [-0.15, -0.1) is 0 Å². The standard InChI is InChI=1S/C21H25N3O3/c1-21(2,3)23-19(26)15-8-10-16(11-9-15)20(27)24(4)13-14-6-5-7-17(12-14)18(22)25/h5-12H,13H2,1-4H3,(H2,22,25)(H,23,26). The van der Waals surface area contributed by atoms with Gasteiger partial charge in [-0.25, -0.2) is 0 Å². The van der Waals surface area contributed by atoms with E-state index in [1.54, 1.807) is 54.4 Å². The van der Waals surface area contributed by atoms with Crippen LogP contribution in [0.3, 0.4) is 0 Å². The predicted molar refractivity (Wildman–Crippen MR) is 104 cm³/mol. The van der Waals surface area contributed by atoms with Crippen LogP contribution in [0.1, 0.15) is 57.4 Å². The highest BCUT2D eigenvalue weighted by Gasteiger charge is 2.17. The quantitative estimate of drug-likeness (QED) is 0.851. The van der Waals surface area contributed by atoms with Gasteiger partial charge < -0.3 is 16.0 Å². The molecule has 0 heterocycles. The first-order valence-electron chi connectivity index (χ1n) is 8.63. The van der Waals surface area contributed by atoms with Gasteiger partial charge in [0.2, 0.25) is 5.91 Å². The molecule has 0 aliphatic carbocycles. The van der Waals surface area contributed by atoms with Gasteiger partial charge in [-0.05, 0) is 62.7 Å². The summed E-state index contributed by atoms with van der Waals surface area (Å²) in [6.07, 6.45) is 0. The second kappa shape index (κ2) is 8.03. The smallest absolute Gasteiger partial charge is 0.253 e. The Morgan fingerprint density at radius 1 is 0.963 bits per heavy atom. The molecule has 0 saturated carbocycles. The third-order valence-corrected chi connectivity index (χ3v) is 3.86. The van der Waals surface area contributed by atoms with Gasteiger partial charge in [-0.3, -0.25) is 14.4 Å². The third kappa shape index (κ3) is 5.67. The largest absolute Gasteiger partial charge is 0.366 e. The highest BCUT2D eigenvalue weighted by atomic mass is 16.2. The van der Waals surface area contributed by atoms with Crippen molar-refractivity contribution in [2.24, 2.45) is 5.73 Å². The summed E-state index contributed by atoms with van der Waals surface area (Å²) in [5, 5.41) is 2.88. The van der Waals surface area contributed by atoms with Gasteiger partial charge >= 0.3 is 0 Å². The van der Waals surface area contributed by atoms with Crippen molar-refractivity contribution in [3.8, 4) is 0 Å². The number of primary amides is 1. The molecule has 0 unspecified atom stereocenters. The van der Waals surface area contributed by atoms with Crippen LogP contribution in [-0.4, -0.2) is 35.2 Å². The molecule has 0 radical (unpaired) electrons. The molecule has 27 heavy (non-hydrogen) atoms. The van der Waals surface area contributed by atoms with Gasteiger partial charge in [0.15, 0.2) is 0 Å². The molecular formula is C21H25N3O3. The second-order valence-corrected chi connectivity index (χ2v) is 7.51. The Balaban J connectivity index is 2.07. The zero-order valence-corrected chi connectivity index (χ0v) is 16.1. The molecule has 3 amide bonds. The van der Waals surface area contributed by atoms with Gasteiger partial charge in [-0.1, -0.05) is 12.1 Å². The van der Waals surface area contributed by atoms with Crippen molar-refractivity contribution in [2.75, 3.05) is 7.05 Å². The Kier molecular flexibility index (Phi) is 6.00. The number of benzene rings is 2. The van der Waals surface area contributed by atoms with E-state index in [9.17, 15) is 14.4 Å². The van der Waals surface area contributed by atoms with Crippen LogP contribution in [0.4, 0.5) is 0 Å². The van der Waals surface area contributed by atoms with Crippen LogP contribution in [0.2, 0.25) is 0 Å². The fourth-order valence-corrected chi connectivity index (χ4v) is 2.57. The first-order valence-corrected chi connectivity index (χ1v) is 8.63. The summed E-state index contributed by atoms with van der Waals surface area (Å²) in [4.78, 5) is 37.6. The summed E-state index contributed by atoms with van der Waals surface area (Å²) in [5.41, 5.74) is 7.16. The number of nitrogens with two attached hydrogens (primary N) is 1. The minimum absolute atomic E-state index is 0.178. The van der Waals surface area contributed by atoms with Gasteiger partial charge in [0.25, 0.3) is 11.8 Å². The zero-order valence-electron chi connectivity index (χ0n) is 16.1. The van der Waals surface area contributed by atoms with Gasteiger partial charge in [-0.2, -0.15) is 0 Å². The molecular weight excluding hydrogens is 342 g/mol. The summed E-state index contributed by atoms with van der Waals surface area (Å²) >= 11 is 0. The van der Waals surface area contributed by atoms with E-state index in [0.29, 0.717) is 23.2 Å². The van der Waals surface area contributed by atoms with Crippen LogP contribution in [-0.2, 0) is 6.54 Å². The lowest BCUT2D eigenvalue weighted by Crippen LogP contribution is -2.40. The molecule has 0 bridgehead atoms. The lowest BCUT2D eigenvalue weighted by atomic mass is 10.1. The van der Waals surface area contributed by atoms with E-state index in [0.717, 1.165) is 5.56 Å². The summed E-state index contributed by atoms with van der Waals surface area (Å²) in [7, 11) is 1.68. The number of hydrogen-bond acceptors (Lipinski definition) is 3. The third-order valence-electron chi connectivity index (χ3n) is 3.86. The molecule has 142 valence electrons. The van der Waals surface area contributed by atoms with Crippen LogP contribution in [0.5, 0.6) is 0 Å². The predicted octanol–water partition coefficient (Wildman–Crippen LogP) is 2.59. The van der Waals surface area contributed by atoms with E-state index in [1.807, 2.05) is 26.8 Å². The Labute approximate surface area is 159 Å². The Bertz CT molecular complexity index is 852. The summed E-state index contributed by atoms with van der Waals surface area (Å²) < 4.78 is 0. The minimum atomic E-state index is -0.505. The Hall–Kier alpha value is -3.15. The maximum Gasteiger partial charge on any atom is 0.253 e. The van der Waals surface area contributed by atoms with Gasteiger partial charge in [0.1, 0.15) is 0 Å². The van der Waals surface area contributed by atoms with Crippen LogP contribution in [0, 0.1) is 0 Å². The van der Waals surface area contributed by atoms with E-state index >= 15 is 0 Å². The molecule has 0 aliphatic rings. The summed E-state index contributed by atoms with van der Waals surface area (Å²) in [5.74, 6) is -0.865. The molecule has 6 nitrogen and oxygen atoms in total. The number of nitrogens with one attached hydrogen (secondary N) is 1. The number of rotatable bonds is 5. The topological polar surface area (TPSA) is 92.5 Å². The van der Waals surface area contributed by atoms with Gasteiger partial charge in [0, 0.05) is 35.8 Å². The van der Waals surface area contributed by atoms with E-state index in [2.05, 4.69) is 5.32 Å². The highest BCUT2D eigenvalue weighted by molar-refractivity contribution is 5.98. The number of hydrogen-bond donors (Lipinski definition) is 2. The lowest BCUT2D eigenvalue weighted by molar-refractivity contribution is 0.0784. The average molecular weight is 367 g/mol. The van der Waals surface area contributed by atoms with Crippen LogP contribution in [0.15, 0.2) is 48.5 Å². The van der Waals surface area contributed by atoms with Crippen molar-refractivity contribution in [3.63, 3.8) is 0 Å². The molecule has 3 N–H and O–H groups in total. The number of carbonyl (C=O) groups excluding carboxylic acids is 3. The molecule has 0 atom stereocenters. The van der Waals surface area contributed by atoms with Crippen molar-refractivity contribution in [1.29, 1.82) is 0 Å². The summed E-state index contributed by atoms with van der Waals surface area (Å²) in [6, 6.07) is 13.4. The number of nitrogens with zero attached hydrogens (tertiary/aromatic N) is 1. The first kappa shape index (κ1) is 20.2. The second-order valence-electron chi connectivity index (χ2n) is 7.51. The van der Waals surface area contributed by atoms with Crippen molar-refractivity contribution in [3.05, 3.63) is 70.8 Å². The molecule has 0 aliphatic heterocycles. The van der Waals surface area contributed by atoms with Crippen LogP contribution in [0.25, 0.3) is 0 Å². The number of carbonyl (C=O) groups is 3. The molecule has 0 saturated heterocycles. The lowest BCUT2D eigenvalue weighted by Gasteiger charge is -2.21. The normalized spacial score (nSPS) is 11.0. The molecule has 2 aromatic rings. The van der Waals surface area contributed by atoms with Crippen molar-refractivity contribution in [2.45, 2.75) is 32.9 Å². The minimum Gasteiger partial charge on any atom is -0.366 e. The molecule has 2 aromatic carbocycles. The fraction of sp³-hybridized carbons (Fsp3) is 0.286. The molecule has 2 rings (SSSR count). The highest BCUT2D eigenvalue weighted by Crippen LogP contribution is 2.12. The Morgan fingerprint density at radius 3 is 2.11 bits per heavy atom.